The molecule has 0 spiro atoms. The van der Waals surface area contributed by atoms with Crippen LogP contribution in [0.4, 0.5) is 0 Å². The Morgan fingerprint density at radius 1 is 1.67 bits per heavy atom. The summed E-state index contributed by atoms with van der Waals surface area (Å²) in [5.41, 5.74) is 7.25. The van der Waals surface area contributed by atoms with Gasteiger partial charge in [0.1, 0.15) is 0 Å². The first-order valence-electron chi connectivity index (χ1n) is 3.66. The molecule has 0 aliphatic heterocycles. The maximum Gasteiger partial charge on any atom is 0.212 e. The van der Waals surface area contributed by atoms with Gasteiger partial charge in [-0.15, -0.1) is 0 Å². The fourth-order valence-electron chi connectivity index (χ4n) is 0.828. The lowest BCUT2D eigenvalue weighted by Crippen LogP contribution is -2.01. The highest BCUT2D eigenvalue weighted by Crippen LogP contribution is 2.12. The van der Waals surface area contributed by atoms with E-state index in [0.717, 1.165) is 11.1 Å². The molecule has 0 amide bonds. The largest absolute Gasteiger partial charge is 0.481 e. The third-order valence-corrected chi connectivity index (χ3v) is 1.60. The quantitative estimate of drug-likeness (QED) is 0.726. The van der Waals surface area contributed by atoms with Crippen LogP contribution in [0.2, 0.25) is 0 Å². The summed E-state index contributed by atoms with van der Waals surface area (Å²) in [7, 11) is 1.58. The molecule has 0 saturated carbocycles. The topological polar surface area (TPSA) is 48.1 Å². The normalized spacial score (nSPS) is 9.50. The van der Waals surface area contributed by atoms with Gasteiger partial charge in [-0.05, 0) is 17.2 Å². The number of ether oxygens (including phenoxy) is 1. The van der Waals surface area contributed by atoms with Crippen LogP contribution in [0.25, 0.3) is 5.57 Å². The standard InChI is InChI=1S/C9H12N2O/c1-7(5-10)8-3-4-9(12-2)11-6-8/h3-4,6H,1,5,10H2,2H3. The molecule has 64 valence electrons. The second-order valence-corrected chi connectivity index (χ2v) is 2.40. The zero-order valence-corrected chi connectivity index (χ0v) is 7.08. The van der Waals surface area contributed by atoms with Crippen molar-refractivity contribution in [1.29, 1.82) is 0 Å². The lowest BCUT2D eigenvalue weighted by Gasteiger charge is -2.02. The molecular formula is C9H12N2O. The lowest BCUT2D eigenvalue weighted by molar-refractivity contribution is 0.398. The van der Waals surface area contributed by atoms with E-state index in [1.165, 1.54) is 0 Å². The van der Waals surface area contributed by atoms with E-state index in [1.807, 2.05) is 6.07 Å². The summed E-state index contributed by atoms with van der Waals surface area (Å²) >= 11 is 0. The van der Waals surface area contributed by atoms with Crippen LogP contribution in [-0.4, -0.2) is 18.6 Å². The number of nitrogens with two attached hydrogens (primary N) is 1. The number of aromatic nitrogens is 1. The van der Waals surface area contributed by atoms with E-state index in [4.69, 9.17) is 10.5 Å². The highest BCUT2D eigenvalue weighted by Gasteiger charge is 1.97. The third-order valence-electron chi connectivity index (χ3n) is 1.60. The third kappa shape index (κ3) is 1.83. The van der Waals surface area contributed by atoms with Gasteiger partial charge in [0.05, 0.1) is 7.11 Å². The summed E-state index contributed by atoms with van der Waals surface area (Å²) in [6, 6.07) is 3.68. The van der Waals surface area contributed by atoms with Crippen molar-refractivity contribution in [2.24, 2.45) is 5.73 Å². The van der Waals surface area contributed by atoms with Gasteiger partial charge in [0.2, 0.25) is 5.88 Å². The molecule has 0 aromatic carbocycles. The van der Waals surface area contributed by atoms with E-state index in [2.05, 4.69) is 11.6 Å². The van der Waals surface area contributed by atoms with Gasteiger partial charge >= 0.3 is 0 Å². The van der Waals surface area contributed by atoms with Gasteiger partial charge in [-0.1, -0.05) is 6.58 Å². The molecule has 0 bridgehead atoms. The number of rotatable bonds is 3. The Morgan fingerprint density at radius 2 is 2.42 bits per heavy atom. The molecule has 3 nitrogen and oxygen atoms in total. The average molecular weight is 164 g/mol. The molecule has 0 aliphatic carbocycles. The average Bonchev–Trinajstić information content (AvgIpc) is 2.17. The highest BCUT2D eigenvalue weighted by atomic mass is 16.5. The van der Waals surface area contributed by atoms with Gasteiger partial charge in [0.15, 0.2) is 0 Å². The molecule has 0 aliphatic rings. The predicted molar refractivity (Wildman–Crippen MR) is 48.9 cm³/mol. The SMILES string of the molecule is C=C(CN)c1ccc(OC)nc1. The molecule has 2 N–H and O–H groups in total. The second kappa shape index (κ2) is 3.88. The van der Waals surface area contributed by atoms with Crippen LogP contribution in [0.3, 0.4) is 0 Å². The lowest BCUT2D eigenvalue weighted by atomic mass is 10.1. The molecule has 1 rings (SSSR count). The number of methoxy groups -OCH3 is 1. The van der Waals surface area contributed by atoms with E-state index in [9.17, 15) is 0 Å². The maximum atomic E-state index is 5.42. The molecule has 0 saturated heterocycles. The van der Waals surface area contributed by atoms with Crippen molar-refractivity contribution in [1.82, 2.24) is 4.98 Å². The van der Waals surface area contributed by atoms with Crippen LogP contribution >= 0.6 is 0 Å². The molecular weight excluding hydrogens is 152 g/mol. The van der Waals surface area contributed by atoms with Gasteiger partial charge < -0.3 is 10.5 Å². The molecule has 0 fully saturated rings. The first kappa shape index (κ1) is 8.74. The minimum Gasteiger partial charge on any atom is -0.481 e. The van der Waals surface area contributed by atoms with Gasteiger partial charge in [0.25, 0.3) is 0 Å². The maximum absolute atomic E-state index is 5.42. The Hall–Kier alpha value is -1.35. The van der Waals surface area contributed by atoms with Crippen molar-refractivity contribution >= 4 is 5.57 Å². The fourth-order valence-corrected chi connectivity index (χ4v) is 0.828. The van der Waals surface area contributed by atoms with E-state index >= 15 is 0 Å². The summed E-state index contributed by atoms with van der Waals surface area (Å²) < 4.78 is 4.91. The van der Waals surface area contributed by atoms with Crippen LogP contribution in [0.5, 0.6) is 5.88 Å². The summed E-state index contributed by atoms with van der Waals surface area (Å²) in [6.07, 6.45) is 1.70. The van der Waals surface area contributed by atoms with Crippen molar-refractivity contribution < 1.29 is 4.74 Å². The monoisotopic (exact) mass is 164 g/mol. The zero-order chi connectivity index (χ0) is 8.97. The number of nitrogens with zero attached hydrogens (tertiary/aromatic N) is 1. The summed E-state index contributed by atoms with van der Waals surface area (Å²) in [5, 5.41) is 0. The Bertz CT molecular complexity index is 266. The van der Waals surface area contributed by atoms with Crippen LogP contribution in [0, 0.1) is 0 Å². The molecule has 1 heterocycles. The van der Waals surface area contributed by atoms with E-state index in [-0.39, 0.29) is 0 Å². The predicted octanol–water partition coefficient (Wildman–Crippen LogP) is 1.06. The molecule has 0 atom stereocenters. The Balaban J connectivity index is 2.84. The smallest absolute Gasteiger partial charge is 0.212 e. The molecule has 1 aromatic rings. The van der Waals surface area contributed by atoms with Gasteiger partial charge in [-0.2, -0.15) is 0 Å². The Kier molecular flexibility index (Phi) is 2.82. The van der Waals surface area contributed by atoms with Crippen molar-refractivity contribution in [3.05, 3.63) is 30.5 Å². The van der Waals surface area contributed by atoms with Crippen LogP contribution in [-0.2, 0) is 0 Å². The molecule has 3 heteroatoms. The number of pyridine rings is 1. The molecule has 0 unspecified atom stereocenters. The zero-order valence-electron chi connectivity index (χ0n) is 7.08. The van der Waals surface area contributed by atoms with Crippen LogP contribution in [0.15, 0.2) is 24.9 Å². The molecule has 1 aromatic heterocycles. The highest BCUT2D eigenvalue weighted by molar-refractivity contribution is 5.63. The van der Waals surface area contributed by atoms with Gasteiger partial charge in [-0.25, -0.2) is 4.98 Å². The van der Waals surface area contributed by atoms with Crippen LogP contribution in [0.1, 0.15) is 5.56 Å². The minimum absolute atomic E-state index is 0.452. The second-order valence-electron chi connectivity index (χ2n) is 2.40. The number of hydrogen-bond donors (Lipinski definition) is 1. The van der Waals surface area contributed by atoms with E-state index in [1.54, 1.807) is 19.4 Å². The van der Waals surface area contributed by atoms with Gasteiger partial charge in [0, 0.05) is 18.8 Å². The Labute approximate surface area is 71.9 Å². The summed E-state index contributed by atoms with van der Waals surface area (Å²) in [6.45, 7) is 4.25. The van der Waals surface area contributed by atoms with Crippen molar-refractivity contribution in [3.8, 4) is 5.88 Å². The summed E-state index contributed by atoms with van der Waals surface area (Å²) in [4.78, 5) is 4.03. The van der Waals surface area contributed by atoms with Crippen LogP contribution < -0.4 is 10.5 Å². The minimum atomic E-state index is 0.452. The van der Waals surface area contributed by atoms with Gasteiger partial charge in [-0.3, -0.25) is 0 Å². The van der Waals surface area contributed by atoms with Crippen molar-refractivity contribution in [2.45, 2.75) is 0 Å². The first-order chi connectivity index (χ1) is 5.77. The fraction of sp³-hybridized carbons (Fsp3) is 0.222. The van der Waals surface area contributed by atoms with Crippen molar-refractivity contribution in [2.75, 3.05) is 13.7 Å². The first-order valence-corrected chi connectivity index (χ1v) is 3.66. The Morgan fingerprint density at radius 3 is 2.83 bits per heavy atom. The molecule has 0 radical (unpaired) electrons. The molecule has 12 heavy (non-hydrogen) atoms. The van der Waals surface area contributed by atoms with Crippen molar-refractivity contribution in [3.63, 3.8) is 0 Å². The summed E-state index contributed by atoms with van der Waals surface area (Å²) in [5.74, 6) is 0.601. The van der Waals surface area contributed by atoms with E-state index in [0.29, 0.717) is 12.4 Å². The number of hydrogen-bond acceptors (Lipinski definition) is 3. The van der Waals surface area contributed by atoms with E-state index < -0.39 is 0 Å².